The lowest BCUT2D eigenvalue weighted by molar-refractivity contribution is 0.103. The molecule has 0 aliphatic heterocycles. The smallest absolute Gasteiger partial charge is 0.195 e. The van der Waals surface area contributed by atoms with Gasteiger partial charge in [0.15, 0.2) is 5.78 Å². The maximum Gasteiger partial charge on any atom is 0.195 e. The Kier molecular flexibility index (Phi) is 2.99. The predicted molar refractivity (Wildman–Crippen MR) is 72.8 cm³/mol. The first-order valence-electron chi connectivity index (χ1n) is 6.10. The molecule has 1 aromatic heterocycles. The summed E-state index contributed by atoms with van der Waals surface area (Å²) in [7, 11) is 0. The van der Waals surface area contributed by atoms with Crippen LogP contribution in [0.3, 0.4) is 0 Å². The lowest BCUT2D eigenvalue weighted by Crippen LogP contribution is -2.02. The summed E-state index contributed by atoms with van der Waals surface area (Å²) in [6.07, 6.45) is 1.47. The molecule has 5 heteroatoms. The summed E-state index contributed by atoms with van der Waals surface area (Å²) in [4.78, 5) is 15.3. The number of ketones is 1. The molecular weight excluding hydrogens is 274 g/mol. The van der Waals surface area contributed by atoms with Crippen LogP contribution in [-0.2, 0) is 0 Å². The molecule has 102 valence electrons. The first kappa shape index (κ1) is 13.0. The molecule has 0 bridgehead atoms. The third-order valence-electron chi connectivity index (χ3n) is 3.18. The molecule has 0 spiro atoms. The van der Waals surface area contributed by atoms with Gasteiger partial charge in [-0.05, 0) is 30.3 Å². The number of carbonyl (C=O) groups is 1. The zero-order valence-electron chi connectivity index (χ0n) is 10.7. The summed E-state index contributed by atoms with van der Waals surface area (Å²) < 4.78 is 26.4. The number of aromatic nitrogens is 1. The van der Waals surface area contributed by atoms with Gasteiger partial charge in [-0.15, -0.1) is 0 Å². The van der Waals surface area contributed by atoms with Crippen LogP contribution >= 0.6 is 0 Å². The lowest BCUT2D eigenvalue weighted by Gasteiger charge is -2.01. The number of nitriles is 1. The number of nitrogens with zero attached hydrogens (tertiary/aromatic N) is 1. The molecule has 0 amide bonds. The van der Waals surface area contributed by atoms with E-state index in [0.29, 0.717) is 22.5 Å². The van der Waals surface area contributed by atoms with E-state index in [1.54, 1.807) is 18.2 Å². The van der Waals surface area contributed by atoms with Crippen LogP contribution in [0.4, 0.5) is 8.78 Å². The molecule has 0 unspecified atom stereocenters. The summed E-state index contributed by atoms with van der Waals surface area (Å²) >= 11 is 0. The van der Waals surface area contributed by atoms with Gasteiger partial charge < -0.3 is 4.98 Å². The fourth-order valence-electron chi connectivity index (χ4n) is 2.22. The van der Waals surface area contributed by atoms with Crippen LogP contribution in [0.15, 0.2) is 42.6 Å². The SMILES string of the molecule is N#Cc1ccc2[nH]cc(C(=O)c3cc(F)cc(F)c3)c2c1. The second-order valence-corrected chi connectivity index (χ2v) is 4.56. The molecule has 0 fully saturated rings. The molecule has 0 atom stereocenters. The topological polar surface area (TPSA) is 56.6 Å². The molecule has 0 aliphatic rings. The Balaban J connectivity index is 2.15. The van der Waals surface area contributed by atoms with Crippen LogP contribution in [0, 0.1) is 23.0 Å². The number of fused-ring (bicyclic) bond motifs is 1. The number of hydrogen-bond donors (Lipinski definition) is 1. The molecule has 0 saturated carbocycles. The van der Waals surface area contributed by atoms with Gasteiger partial charge >= 0.3 is 0 Å². The lowest BCUT2D eigenvalue weighted by atomic mass is 10.0. The molecule has 3 nitrogen and oxygen atoms in total. The van der Waals surface area contributed by atoms with Gasteiger partial charge in [-0.25, -0.2) is 8.78 Å². The fraction of sp³-hybridized carbons (Fsp3) is 0. The molecule has 2 aromatic carbocycles. The van der Waals surface area contributed by atoms with Crippen molar-refractivity contribution < 1.29 is 13.6 Å². The van der Waals surface area contributed by atoms with E-state index in [2.05, 4.69) is 4.98 Å². The molecule has 0 aliphatic carbocycles. The summed E-state index contributed by atoms with van der Waals surface area (Å²) in [5, 5.41) is 9.45. The second-order valence-electron chi connectivity index (χ2n) is 4.56. The normalized spacial score (nSPS) is 10.5. The van der Waals surface area contributed by atoms with Gasteiger partial charge in [0.25, 0.3) is 0 Å². The van der Waals surface area contributed by atoms with Gasteiger partial charge in [-0.3, -0.25) is 4.79 Å². The van der Waals surface area contributed by atoms with Crippen molar-refractivity contribution in [2.45, 2.75) is 0 Å². The van der Waals surface area contributed by atoms with E-state index >= 15 is 0 Å². The Morgan fingerprint density at radius 1 is 1.10 bits per heavy atom. The van der Waals surface area contributed by atoms with Crippen molar-refractivity contribution in [2.24, 2.45) is 0 Å². The van der Waals surface area contributed by atoms with Gasteiger partial charge in [0.2, 0.25) is 0 Å². The largest absolute Gasteiger partial charge is 0.360 e. The first-order valence-corrected chi connectivity index (χ1v) is 6.10. The predicted octanol–water partition coefficient (Wildman–Crippen LogP) is 3.55. The fourth-order valence-corrected chi connectivity index (χ4v) is 2.22. The molecule has 1 heterocycles. The average Bonchev–Trinajstić information content (AvgIpc) is 2.88. The number of hydrogen-bond acceptors (Lipinski definition) is 2. The zero-order valence-corrected chi connectivity index (χ0v) is 10.7. The molecular formula is C16H8F2N2O. The van der Waals surface area contributed by atoms with E-state index in [1.165, 1.54) is 6.20 Å². The highest BCUT2D eigenvalue weighted by atomic mass is 19.1. The maximum atomic E-state index is 13.2. The number of halogens is 2. The van der Waals surface area contributed by atoms with Crippen LogP contribution in [0.1, 0.15) is 21.5 Å². The van der Waals surface area contributed by atoms with Gasteiger partial charge in [0, 0.05) is 34.3 Å². The Hall–Kier alpha value is -3.00. The highest BCUT2D eigenvalue weighted by molar-refractivity contribution is 6.16. The third kappa shape index (κ3) is 2.28. The van der Waals surface area contributed by atoms with E-state index < -0.39 is 17.4 Å². The standard InChI is InChI=1S/C16H8F2N2O/c17-11-4-10(5-12(18)6-11)16(21)14-8-20-15-2-1-9(7-19)3-13(14)15/h1-6,8,20H. The summed E-state index contributed by atoms with van der Waals surface area (Å²) in [6, 6.07) is 9.53. The van der Waals surface area contributed by atoms with Crippen molar-refractivity contribution in [3.63, 3.8) is 0 Å². The molecule has 0 radical (unpaired) electrons. The van der Waals surface area contributed by atoms with Gasteiger partial charge in [-0.2, -0.15) is 5.26 Å². The quantitative estimate of drug-likeness (QED) is 0.731. The van der Waals surface area contributed by atoms with Crippen molar-refractivity contribution in [1.82, 2.24) is 4.98 Å². The first-order chi connectivity index (χ1) is 10.1. The number of carbonyl (C=O) groups excluding carboxylic acids is 1. The van der Waals surface area contributed by atoms with Gasteiger partial charge in [0.05, 0.1) is 11.6 Å². The number of nitrogens with one attached hydrogen (secondary N) is 1. The van der Waals surface area contributed by atoms with Crippen molar-refractivity contribution in [3.8, 4) is 6.07 Å². The average molecular weight is 282 g/mol. The Bertz CT molecular complexity index is 886. The van der Waals surface area contributed by atoms with Crippen LogP contribution in [-0.4, -0.2) is 10.8 Å². The van der Waals surface area contributed by atoms with Gasteiger partial charge in [-0.1, -0.05) is 0 Å². The van der Waals surface area contributed by atoms with Crippen molar-refractivity contribution in [3.05, 3.63) is 70.9 Å². The van der Waals surface area contributed by atoms with E-state index in [-0.39, 0.29) is 11.1 Å². The monoisotopic (exact) mass is 282 g/mol. The van der Waals surface area contributed by atoms with E-state index in [0.717, 1.165) is 12.1 Å². The Morgan fingerprint density at radius 2 is 1.81 bits per heavy atom. The molecule has 3 rings (SSSR count). The summed E-state index contributed by atoms with van der Waals surface area (Å²) in [5.74, 6) is -2.12. The minimum Gasteiger partial charge on any atom is -0.360 e. The van der Waals surface area contributed by atoms with Crippen molar-refractivity contribution in [2.75, 3.05) is 0 Å². The maximum absolute atomic E-state index is 13.2. The van der Waals surface area contributed by atoms with Crippen molar-refractivity contribution >= 4 is 16.7 Å². The summed E-state index contributed by atoms with van der Waals surface area (Å²) in [5.41, 5.74) is 1.28. The number of rotatable bonds is 2. The van der Waals surface area contributed by atoms with Crippen molar-refractivity contribution in [1.29, 1.82) is 5.26 Å². The minimum absolute atomic E-state index is 0.0734. The zero-order chi connectivity index (χ0) is 15.0. The molecule has 0 saturated heterocycles. The molecule has 1 N–H and O–H groups in total. The molecule has 3 aromatic rings. The van der Waals surface area contributed by atoms with Crippen LogP contribution in [0.5, 0.6) is 0 Å². The Labute approximate surface area is 118 Å². The third-order valence-corrected chi connectivity index (χ3v) is 3.18. The number of H-pyrrole nitrogens is 1. The van der Waals surface area contributed by atoms with Crippen LogP contribution in [0.25, 0.3) is 10.9 Å². The minimum atomic E-state index is -0.809. The van der Waals surface area contributed by atoms with Gasteiger partial charge in [0.1, 0.15) is 11.6 Å². The highest BCUT2D eigenvalue weighted by Crippen LogP contribution is 2.23. The van der Waals surface area contributed by atoms with E-state index in [9.17, 15) is 13.6 Å². The van der Waals surface area contributed by atoms with E-state index in [1.807, 2.05) is 6.07 Å². The number of aromatic amines is 1. The number of benzene rings is 2. The van der Waals surface area contributed by atoms with Crippen LogP contribution < -0.4 is 0 Å². The highest BCUT2D eigenvalue weighted by Gasteiger charge is 2.16. The second kappa shape index (κ2) is 4.84. The Morgan fingerprint density at radius 3 is 2.48 bits per heavy atom. The molecule has 21 heavy (non-hydrogen) atoms. The van der Waals surface area contributed by atoms with Crippen LogP contribution in [0.2, 0.25) is 0 Å². The summed E-state index contributed by atoms with van der Waals surface area (Å²) in [6.45, 7) is 0. The van der Waals surface area contributed by atoms with E-state index in [4.69, 9.17) is 5.26 Å².